The smallest absolute Gasteiger partial charge is 0.0946 e. The monoisotopic (exact) mass is 237 g/mol. The standard InChI is InChI=1S/C14H27N3/c1-2-3-4-5-6-7-8-9-15-10-12-17-13-11-16-14-17/h11,13-15H,2-10,12H2,1H3. The molecule has 0 aliphatic heterocycles. The molecule has 0 saturated heterocycles. The first-order valence-electron chi connectivity index (χ1n) is 7.10. The maximum Gasteiger partial charge on any atom is 0.0946 e. The highest BCUT2D eigenvalue weighted by Crippen LogP contribution is 2.06. The van der Waals surface area contributed by atoms with E-state index in [0.29, 0.717) is 0 Å². The number of aromatic nitrogens is 2. The van der Waals surface area contributed by atoms with Crippen LogP contribution in [0.2, 0.25) is 0 Å². The van der Waals surface area contributed by atoms with Crippen molar-refractivity contribution in [1.82, 2.24) is 14.9 Å². The molecule has 0 aromatic carbocycles. The van der Waals surface area contributed by atoms with E-state index in [1.54, 1.807) is 0 Å². The predicted molar refractivity (Wildman–Crippen MR) is 73.1 cm³/mol. The van der Waals surface area contributed by atoms with Gasteiger partial charge in [-0.1, -0.05) is 45.4 Å². The quantitative estimate of drug-likeness (QED) is 0.599. The minimum absolute atomic E-state index is 1.02. The summed E-state index contributed by atoms with van der Waals surface area (Å²) in [5, 5.41) is 3.48. The molecule has 0 spiro atoms. The molecule has 0 aliphatic carbocycles. The second-order valence-corrected chi connectivity index (χ2v) is 4.67. The summed E-state index contributed by atoms with van der Waals surface area (Å²) < 4.78 is 2.11. The minimum Gasteiger partial charge on any atom is -0.336 e. The Labute approximate surface area is 106 Å². The van der Waals surface area contributed by atoms with Crippen molar-refractivity contribution in [2.24, 2.45) is 0 Å². The van der Waals surface area contributed by atoms with Crippen LogP contribution in [0.25, 0.3) is 0 Å². The highest BCUT2D eigenvalue weighted by atomic mass is 15.0. The Morgan fingerprint density at radius 3 is 2.47 bits per heavy atom. The Morgan fingerprint density at radius 2 is 1.76 bits per heavy atom. The Morgan fingerprint density at radius 1 is 1.00 bits per heavy atom. The zero-order valence-corrected chi connectivity index (χ0v) is 11.2. The summed E-state index contributed by atoms with van der Waals surface area (Å²) in [4.78, 5) is 4.02. The van der Waals surface area contributed by atoms with E-state index < -0.39 is 0 Å². The van der Waals surface area contributed by atoms with E-state index in [1.165, 1.54) is 44.9 Å². The van der Waals surface area contributed by atoms with Crippen LogP contribution in [0.4, 0.5) is 0 Å². The summed E-state index contributed by atoms with van der Waals surface area (Å²) in [7, 11) is 0. The molecule has 1 aromatic heterocycles. The number of unbranched alkanes of at least 4 members (excludes halogenated alkanes) is 6. The van der Waals surface area contributed by atoms with Gasteiger partial charge in [0.2, 0.25) is 0 Å². The van der Waals surface area contributed by atoms with E-state index >= 15 is 0 Å². The van der Waals surface area contributed by atoms with Crippen LogP contribution in [-0.2, 0) is 6.54 Å². The summed E-state index contributed by atoms with van der Waals surface area (Å²) >= 11 is 0. The van der Waals surface area contributed by atoms with Crippen LogP contribution in [-0.4, -0.2) is 22.6 Å². The number of imidazole rings is 1. The van der Waals surface area contributed by atoms with Crippen LogP contribution in [0.5, 0.6) is 0 Å². The van der Waals surface area contributed by atoms with E-state index in [1.807, 2.05) is 18.7 Å². The number of rotatable bonds is 11. The third-order valence-electron chi connectivity index (χ3n) is 3.06. The van der Waals surface area contributed by atoms with Crippen molar-refractivity contribution >= 4 is 0 Å². The predicted octanol–water partition coefficient (Wildman–Crippen LogP) is 3.22. The second-order valence-electron chi connectivity index (χ2n) is 4.67. The third-order valence-corrected chi connectivity index (χ3v) is 3.06. The van der Waals surface area contributed by atoms with Crippen LogP contribution >= 0.6 is 0 Å². The van der Waals surface area contributed by atoms with Gasteiger partial charge in [0.15, 0.2) is 0 Å². The van der Waals surface area contributed by atoms with Gasteiger partial charge in [-0.15, -0.1) is 0 Å². The molecule has 0 atom stereocenters. The molecule has 0 amide bonds. The highest BCUT2D eigenvalue weighted by molar-refractivity contribution is 4.74. The van der Waals surface area contributed by atoms with Gasteiger partial charge < -0.3 is 9.88 Å². The lowest BCUT2D eigenvalue weighted by Crippen LogP contribution is -2.20. The highest BCUT2D eigenvalue weighted by Gasteiger charge is 1.92. The van der Waals surface area contributed by atoms with Crippen molar-refractivity contribution in [3.05, 3.63) is 18.7 Å². The van der Waals surface area contributed by atoms with Gasteiger partial charge in [-0.25, -0.2) is 4.98 Å². The molecule has 0 aliphatic rings. The van der Waals surface area contributed by atoms with E-state index in [2.05, 4.69) is 21.8 Å². The van der Waals surface area contributed by atoms with Crippen LogP contribution in [0.15, 0.2) is 18.7 Å². The third kappa shape index (κ3) is 7.97. The molecule has 17 heavy (non-hydrogen) atoms. The Hall–Kier alpha value is -0.830. The molecule has 98 valence electrons. The summed E-state index contributed by atoms with van der Waals surface area (Å²) in [6, 6.07) is 0. The molecule has 1 rings (SSSR count). The van der Waals surface area contributed by atoms with Gasteiger partial charge in [0.05, 0.1) is 6.33 Å². The fourth-order valence-corrected chi connectivity index (χ4v) is 1.96. The summed E-state index contributed by atoms with van der Waals surface area (Å²) in [5.41, 5.74) is 0. The van der Waals surface area contributed by atoms with Gasteiger partial charge in [0.25, 0.3) is 0 Å². The lowest BCUT2D eigenvalue weighted by Gasteiger charge is -2.05. The van der Waals surface area contributed by atoms with E-state index in [9.17, 15) is 0 Å². The van der Waals surface area contributed by atoms with Gasteiger partial charge in [-0.05, 0) is 13.0 Å². The molecule has 0 fully saturated rings. The molecule has 3 nitrogen and oxygen atoms in total. The van der Waals surface area contributed by atoms with Crippen molar-refractivity contribution in [2.45, 2.75) is 58.4 Å². The van der Waals surface area contributed by atoms with Crippen LogP contribution in [0.3, 0.4) is 0 Å². The zero-order valence-electron chi connectivity index (χ0n) is 11.2. The van der Waals surface area contributed by atoms with Gasteiger partial charge in [0.1, 0.15) is 0 Å². The topological polar surface area (TPSA) is 29.9 Å². The Kier molecular flexibility index (Phi) is 8.65. The fourth-order valence-electron chi connectivity index (χ4n) is 1.96. The number of hydrogen-bond donors (Lipinski definition) is 1. The van der Waals surface area contributed by atoms with Crippen molar-refractivity contribution in [1.29, 1.82) is 0 Å². The number of hydrogen-bond acceptors (Lipinski definition) is 2. The van der Waals surface area contributed by atoms with Gasteiger partial charge >= 0.3 is 0 Å². The molecule has 3 heteroatoms. The first-order chi connectivity index (χ1) is 8.43. The molecule has 1 N–H and O–H groups in total. The average molecular weight is 237 g/mol. The van der Waals surface area contributed by atoms with Crippen LogP contribution in [0.1, 0.15) is 51.9 Å². The summed E-state index contributed by atoms with van der Waals surface area (Å²) in [6.45, 7) is 5.50. The second kappa shape index (κ2) is 10.3. The van der Waals surface area contributed by atoms with Crippen molar-refractivity contribution in [2.75, 3.05) is 13.1 Å². The minimum atomic E-state index is 1.02. The molecule has 0 radical (unpaired) electrons. The van der Waals surface area contributed by atoms with Crippen molar-refractivity contribution < 1.29 is 0 Å². The van der Waals surface area contributed by atoms with Crippen molar-refractivity contribution in [3.8, 4) is 0 Å². The Balaban J connectivity index is 1.76. The van der Waals surface area contributed by atoms with Crippen LogP contribution < -0.4 is 5.32 Å². The first-order valence-corrected chi connectivity index (χ1v) is 7.10. The zero-order chi connectivity index (χ0) is 12.2. The van der Waals surface area contributed by atoms with Gasteiger partial charge in [-0.2, -0.15) is 0 Å². The summed E-state index contributed by atoms with van der Waals surface area (Å²) in [5.74, 6) is 0. The van der Waals surface area contributed by atoms with Gasteiger partial charge in [-0.3, -0.25) is 0 Å². The first kappa shape index (κ1) is 14.2. The normalized spacial score (nSPS) is 10.9. The average Bonchev–Trinajstić information content (AvgIpc) is 2.85. The molecular weight excluding hydrogens is 210 g/mol. The number of nitrogens with one attached hydrogen (secondary N) is 1. The maximum absolute atomic E-state index is 4.02. The molecule has 1 heterocycles. The van der Waals surface area contributed by atoms with Crippen molar-refractivity contribution in [3.63, 3.8) is 0 Å². The lowest BCUT2D eigenvalue weighted by molar-refractivity contribution is 0.544. The largest absolute Gasteiger partial charge is 0.336 e. The SMILES string of the molecule is CCCCCCCCCNCCn1ccnc1. The number of nitrogens with zero attached hydrogens (tertiary/aromatic N) is 2. The molecule has 0 bridgehead atoms. The molecular formula is C14H27N3. The molecule has 0 unspecified atom stereocenters. The molecule has 0 saturated carbocycles. The van der Waals surface area contributed by atoms with E-state index in [-0.39, 0.29) is 0 Å². The van der Waals surface area contributed by atoms with E-state index in [0.717, 1.165) is 19.6 Å². The van der Waals surface area contributed by atoms with E-state index in [4.69, 9.17) is 0 Å². The Bertz CT molecular complexity index is 244. The maximum atomic E-state index is 4.02. The molecule has 1 aromatic rings. The van der Waals surface area contributed by atoms with Crippen LogP contribution in [0, 0.1) is 0 Å². The lowest BCUT2D eigenvalue weighted by atomic mass is 10.1. The fraction of sp³-hybridized carbons (Fsp3) is 0.786. The van der Waals surface area contributed by atoms with Gasteiger partial charge in [0, 0.05) is 25.5 Å². The summed E-state index contributed by atoms with van der Waals surface area (Å²) in [6.07, 6.45) is 15.4.